The van der Waals surface area contributed by atoms with Crippen molar-refractivity contribution >= 4 is 5.97 Å². The highest BCUT2D eigenvalue weighted by Gasteiger charge is 2.33. The highest BCUT2D eigenvalue weighted by molar-refractivity contribution is 5.79. The third-order valence-corrected chi connectivity index (χ3v) is 1.82. The molecule has 0 spiro atoms. The Morgan fingerprint density at radius 3 is 2.13 bits per heavy atom. The van der Waals surface area contributed by atoms with Crippen molar-refractivity contribution in [1.29, 1.82) is 0 Å². The second kappa shape index (κ2) is 5.44. The van der Waals surface area contributed by atoms with Gasteiger partial charge in [-0.05, 0) is 46.6 Å². The molecule has 0 aromatic rings. The number of ether oxygens (including phenoxy) is 1. The Hall–Kier alpha value is -0.650. The van der Waals surface area contributed by atoms with E-state index in [1.165, 1.54) is 0 Å². The maximum atomic E-state index is 11.6. The van der Waals surface area contributed by atoms with Crippen molar-refractivity contribution in [2.24, 2.45) is 17.2 Å². The van der Waals surface area contributed by atoms with Gasteiger partial charge in [-0.3, -0.25) is 0 Å². The van der Waals surface area contributed by atoms with Crippen LogP contribution in [0.5, 0.6) is 0 Å². The monoisotopic (exact) mass is 217 g/mol. The molecule has 0 fully saturated rings. The quantitative estimate of drug-likeness (QED) is 0.343. The minimum atomic E-state index is -1.40. The summed E-state index contributed by atoms with van der Waals surface area (Å²) in [7, 11) is 0. The van der Waals surface area contributed by atoms with Crippen LogP contribution in [0.2, 0.25) is 0 Å². The molecule has 0 atom stereocenters. The summed E-state index contributed by atoms with van der Waals surface area (Å²) >= 11 is 0. The SMILES string of the molecule is CC(C)(C)OC(=O)C(N)(N)CCCCN. The number of carbonyl (C=O) groups excluding carboxylic acids is 1. The Morgan fingerprint density at radius 2 is 1.73 bits per heavy atom. The molecule has 15 heavy (non-hydrogen) atoms. The van der Waals surface area contributed by atoms with E-state index < -0.39 is 17.2 Å². The summed E-state index contributed by atoms with van der Waals surface area (Å²) in [5.74, 6) is -0.563. The molecule has 0 aromatic carbocycles. The first-order valence-corrected chi connectivity index (χ1v) is 5.20. The average molecular weight is 217 g/mol. The molecule has 0 aliphatic carbocycles. The van der Waals surface area contributed by atoms with Crippen LogP contribution in [0.25, 0.3) is 0 Å². The maximum absolute atomic E-state index is 11.6. The van der Waals surface area contributed by atoms with Gasteiger partial charge in [0.05, 0.1) is 0 Å². The van der Waals surface area contributed by atoms with Gasteiger partial charge in [-0.25, -0.2) is 4.79 Å². The van der Waals surface area contributed by atoms with Crippen molar-refractivity contribution in [3.05, 3.63) is 0 Å². The molecule has 6 N–H and O–H groups in total. The van der Waals surface area contributed by atoms with Crippen molar-refractivity contribution in [2.45, 2.75) is 51.3 Å². The highest BCUT2D eigenvalue weighted by atomic mass is 16.6. The molecule has 0 aromatic heterocycles. The number of hydrogen-bond donors (Lipinski definition) is 3. The molecular weight excluding hydrogens is 194 g/mol. The van der Waals surface area contributed by atoms with E-state index in [1.54, 1.807) is 20.8 Å². The third-order valence-electron chi connectivity index (χ3n) is 1.82. The summed E-state index contributed by atoms with van der Waals surface area (Å²) in [6, 6.07) is 0. The topological polar surface area (TPSA) is 104 Å². The van der Waals surface area contributed by atoms with Gasteiger partial charge in [0.25, 0.3) is 0 Å². The Bertz CT molecular complexity index is 209. The zero-order valence-electron chi connectivity index (χ0n) is 9.88. The minimum Gasteiger partial charge on any atom is -0.458 e. The summed E-state index contributed by atoms with van der Waals surface area (Å²) in [4.78, 5) is 11.6. The van der Waals surface area contributed by atoms with Gasteiger partial charge in [0.2, 0.25) is 0 Å². The first-order chi connectivity index (χ1) is 6.69. The Morgan fingerprint density at radius 1 is 1.20 bits per heavy atom. The van der Waals surface area contributed by atoms with E-state index in [0.717, 1.165) is 12.8 Å². The Kier molecular flexibility index (Phi) is 5.20. The molecule has 0 saturated carbocycles. The molecule has 0 rings (SSSR count). The first kappa shape index (κ1) is 14.3. The molecule has 0 amide bonds. The van der Waals surface area contributed by atoms with Gasteiger partial charge in [-0.1, -0.05) is 0 Å². The van der Waals surface area contributed by atoms with E-state index in [2.05, 4.69) is 0 Å². The van der Waals surface area contributed by atoms with E-state index in [4.69, 9.17) is 21.9 Å². The summed E-state index contributed by atoms with van der Waals surface area (Å²) in [5, 5.41) is 0. The number of hydrogen-bond acceptors (Lipinski definition) is 5. The maximum Gasteiger partial charge on any atom is 0.341 e. The van der Waals surface area contributed by atoms with Crippen LogP contribution in [-0.4, -0.2) is 23.8 Å². The molecule has 0 bridgehead atoms. The lowest BCUT2D eigenvalue weighted by molar-refractivity contribution is -0.161. The second-order valence-corrected chi connectivity index (χ2v) is 4.79. The molecule has 5 nitrogen and oxygen atoms in total. The Labute approximate surface area is 91.3 Å². The second-order valence-electron chi connectivity index (χ2n) is 4.79. The van der Waals surface area contributed by atoms with Crippen LogP contribution in [0.3, 0.4) is 0 Å². The van der Waals surface area contributed by atoms with E-state index >= 15 is 0 Å². The standard InChI is InChI=1S/C10H23N3O2/c1-9(2,3)15-8(14)10(12,13)6-4-5-7-11/h4-7,11-13H2,1-3H3. The summed E-state index contributed by atoms with van der Waals surface area (Å²) in [6.45, 7) is 5.91. The van der Waals surface area contributed by atoms with Gasteiger partial charge in [0.1, 0.15) is 5.60 Å². The molecule has 0 aliphatic rings. The van der Waals surface area contributed by atoms with Gasteiger partial charge in [0.15, 0.2) is 5.66 Å². The lowest BCUT2D eigenvalue weighted by Gasteiger charge is -2.28. The van der Waals surface area contributed by atoms with Crippen molar-refractivity contribution in [1.82, 2.24) is 0 Å². The molecule has 5 heteroatoms. The van der Waals surface area contributed by atoms with E-state index in [0.29, 0.717) is 13.0 Å². The molecule has 90 valence electrons. The van der Waals surface area contributed by atoms with Crippen molar-refractivity contribution in [3.8, 4) is 0 Å². The fourth-order valence-electron chi connectivity index (χ4n) is 1.04. The molecule has 0 radical (unpaired) electrons. The van der Waals surface area contributed by atoms with E-state index in [1.807, 2.05) is 0 Å². The normalized spacial score (nSPS) is 12.7. The number of esters is 1. The van der Waals surface area contributed by atoms with Crippen LogP contribution >= 0.6 is 0 Å². The molecule has 0 unspecified atom stereocenters. The van der Waals surface area contributed by atoms with Crippen molar-refractivity contribution < 1.29 is 9.53 Å². The zero-order valence-corrected chi connectivity index (χ0v) is 9.88. The minimum absolute atomic E-state index is 0.388. The van der Waals surface area contributed by atoms with Crippen LogP contribution in [0.15, 0.2) is 0 Å². The van der Waals surface area contributed by atoms with Crippen molar-refractivity contribution in [3.63, 3.8) is 0 Å². The molecule has 0 heterocycles. The summed E-state index contributed by atoms with van der Waals surface area (Å²) in [5.41, 5.74) is 14.7. The highest BCUT2D eigenvalue weighted by Crippen LogP contribution is 2.13. The number of carbonyl (C=O) groups is 1. The lowest BCUT2D eigenvalue weighted by atomic mass is 10.0. The van der Waals surface area contributed by atoms with Gasteiger partial charge in [-0.15, -0.1) is 0 Å². The van der Waals surface area contributed by atoms with Gasteiger partial charge >= 0.3 is 5.97 Å². The van der Waals surface area contributed by atoms with Crippen LogP contribution in [0.4, 0.5) is 0 Å². The third kappa shape index (κ3) is 6.43. The van der Waals surface area contributed by atoms with Gasteiger partial charge in [0, 0.05) is 0 Å². The number of unbranched alkanes of at least 4 members (excludes halogenated alkanes) is 1. The smallest absolute Gasteiger partial charge is 0.341 e. The molecule has 0 aliphatic heterocycles. The number of nitrogens with two attached hydrogens (primary N) is 3. The first-order valence-electron chi connectivity index (χ1n) is 5.20. The van der Waals surface area contributed by atoms with Crippen LogP contribution in [0.1, 0.15) is 40.0 Å². The predicted molar refractivity (Wildman–Crippen MR) is 59.9 cm³/mol. The average Bonchev–Trinajstić information content (AvgIpc) is 2.01. The van der Waals surface area contributed by atoms with Crippen LogP contribution in [-0.2, 0) is 9.53 Å². The fourth-order valence-corrected chi connectivity index (χ4v) is 1.04. The Balaban J connectivity index is 4.14. The molecule has 0 saturated heterocycles. The zero-order chi connectivity index (χ0) is 12.1. The van der Waals surface area contributed by atoms with Crippen molar-refractivity contribution in [2.75, 3.05) is 6.54 Å². The largest absolute Gasteiger partial charge is 0.458 e. The lowest BCUT2D eigenvalue weighted by Crippen LogP contribution is -2.58. The van der Waals surface area contributed by atoms with Gasteiger partial charge in [-0.2, -0.15) is 0 Å². The molecular formula is C10H23N3O2. The van der Waals surface area contributed by atoms with Crippen LogP contribution < -0.4 is 17.2 Å². The van der Waals surface area contributed by atoms with E-state index in [9.17, 15) is 4.79 Å². The fraction of sp³-hybridized carbons (Fsp3) is 0.900. The summed E-state index contributed by atoms with van der Waals surface area (Å²) in [6.07, 6.45) is 1.92. The van der Waals surface area contributed by atoms with E-state index in [-0.39, 0.29) is 0 Å². The predicted octanol–water partition coefficient (Wildman–Crippen LogP) is 0.0708. The van der Waals surface area contributed by atoms with Gasteiger partial charge < -0.3 is 21.9 Å². The van der Waals surface area contributed by atoms with Crippen LogP contribution in [0, 0.1) is 0 Å². The summed E-state index contributed by atoms with van der Waals surface area (Å²) < 4.78 is 5.11. The number of rotatable bonds is 5.